The van der Waals surface area contributed by atoms with Crippen LogP contribution in [0.15, 0.2) is 46.3 Å². The summed E-state index contributed by atoms with van der Waals surface area (Å²) in [5.74, 6) is -1.04. The molecule has 0 radical (unpaired) electrons. The van der Waals surface area contributed by atoms with Crippen LogP contribution in [-0.4, -0.2) is 21.0 Å². The maximum atomic E-state index is 10.9. The normalized spacial score (nSPS) is 10.2. The van der Waals surface area contributed by atoms with E-state index >= 15 is 0 Å². The predicted molar refractivity (Wildman–Crippen MR) is 73.2 cm³/mol. The second kappa shape index (κ2) is 5.70. The summed E-state index contributed by atoms with van der Waals surface area (Å²) >= 11 is 1.13. The van der Waals surface area contributed by atoms with Crippen LogP contribution < -0.4 is 0 Å². The van der Waals surface area contributed by atoms with E-state index in [1.165, 1.54) is 18.2 Å². The number of para-hydroxylation sites is 1. The van der Waals surface area contributed by atoms with Gasteiger partial charge in [0.05, 0.1) is 21.1 Å². The second-order valence-corrected chi connectivity index (χ2v) is 4.98. The molecule has 2 aromatic rings. The van der Waals surface area contributed by atoms with Crippen LogP contribution in [0, 0.1) is 17.0 Å². The summed E-state index contributed by atoms with van der Waals surface area (Å²) in [6, 6.07) is 9.33. The molecule has 0 fully saturated rings. The highest BCUT2D eigenvalue weighted by Crippen LogP contribution is 2.33. The Balaban J connectivity index is 2.34. The largest absolute Gasteiger partial charge is 0.478 e. The number of nitro groups is 1. The molecule has 20 heavy (non-hydrogen) atoms. The number of nitrogens with zero attached hydrogens (tertiary/aromatic N) is 2. The SMILES string of the molecule is Cc1nc(Sc2ccccc2[N+](=O)[O-])ccc1C(=O)O. The van der Waals surface area contributed by atoms with E-state index in [0.29, 0.717) is 15.6 Å². The Bertz CT molecular complexity index is 688. The zero-order valence-electron chi connectivity index (χ0n) is 10.4. The van der Waals surface area contributed by atoms with Crippen LogP contribution in [0.2, 0.25) is 0 Å². The van der Waals surface area contributed by atoms with Crippen molar-refractivity contribution in [3.05, 3.63) is 57.8 Å². The van der Waals surface area contributed by atoms with Crippen LogP contribution in [0.4, 0.5) is 5.69 Å². The van der Waals surface area contributed by atoms with Gasteiger partial charge in [-0.3, -0.25) is 10.1 Å². The first-order chi connectivity index (χ1) is 9.49. The molecule has 2 rings (SSSR count). The van der Waals surface area contributed by atoms with Gasteiger partial charge in [-0.05, 0) is 25.1 Å². The molecule has 7 heteroatoms. The van der Waals surface area contributed by atoms with Crippen molar-refractivity contribution in [2.24, 2.45) is 0 Å². The minimum atomic E-state index is -1.04. The van der Waals surface area contributed by atoms with E-state index < -0.39 is 10.9 Å². The van der Waals surface area contributed by atoms with E-state index in [-0.39, 0.29) is 11.3 Å². The summed E-state index contributed by atoms with van der Waals surface area (Å²) in [7, 11) is 0. The number of carboxylic acids is 1. The van der Waals surface area contributed by atoms with Crippen molar-refractivity contribution >= 4 is 23.4 Å². The lowest BCUT2D eigenvalue weighted by Gasteiger charge is -2.05. The lowest BCUT2D eigenvalue weighted by molar-refractivity contribution is -0.387. The number of hydrogen-bond acceptors (Lipinski definition) is 5. The van der Waals surface area contributed by atoms with Crippen molar-refractivity contribution in [3.63, 3.8) is 0 Å². The lowest BCUT2D eigenvalue weighted by atomic mass is 10.2. The molecule has 1 heterocycles. The maximum absolute atomic E-state index is 10.9. The monoisotopic (exact) mass is 290 g/mol. The highest BCUT2D eigenvalue weighted by atomic mass is 32.2. The Morgan fingerprint density at radius 3 is 2.60 bits per heavy atom. The zero-order valence-corrected chi connectivity index (χ0v) is 11.3. The zero-order chi connectivity index (χ0) is 14.7. The molecular formula is C13H10N2O4S. The molecule has 0 aliphatic heterocycles. The highest BCUT2D eigenvalue weighted by Gasteiger charge is 2.15. The molecule has 0 atom stereocenters. The van der Waals surface area contributed by atoms with Crippen molar-refractivity contribution in [2.75, 3.05) is 0 Å². The lowest BCUT2D eigenvalue weighted by Crippen LogP contribution is -2.01. The second-order valence-electron chi connectivity index (χ2n) is 3.91. The molecule has 0 aliphatic rings. The third kappa shape index (κ3) is 2.94. The number of nitro benzene ring substituents is 1. The number of carbonyl (C=O) groups is 1. The number of pyridine rings is 1. The van der Waals surface area contributed by atoms with Gasteiger partial charge in [0.15, 0.2) is 0 Å². The smallest absolute Gasteiger partial charge is 0.337 e. The van der Waals surface area contributed by atoms with Crippen LogP contribution in [0.25, 0.3) is 0 Å². The molecule has 0 bridgehead atoms. The first kappa shape index (κ1) is 14.0. The molecular weight excluding hydrogens is 280 g/mol. The molecule has 1 N–H and O–H groups in total. The molecule has 0 aliphatic carbocycles. The van der Waals surface area contributed by atoms with Crippen molar-refractivity contribution in [1.29, 1.82) is 0 Å². The van der Waals surface area contributed by atoms with Gasteiger partial charge in [0, 0.05) is 6.07 Å². The molecule has 0 spiro atoms. The van der Waals surface area contributed by atoms with Crippen LogP contribution in [0.3, 0.4) is 0 Å². The van der Waals surface area contributed by atoms with Crippen LogP contribution in [0.1, 0.15) is 16.1 Å². The number of aromatic carboxylic acids is 1. The van der Waals surface area contributed by atoms with Gasteiger partial charge in [-0.25, -0.2) is 9.78 Å². The Labute approximate surface area is 118 Å². The van der Waals surface area contributed by atoms with E-state index in [4.69, 9.17) is 5.11 Å². The van der Waals surface area contributed by atoms with Gasteiger partial charge < -0.3 is 5.11 Å². The van der Waals surface area contributed by atoms with Gasteiger partial charge in [-0.1, -0.05) is 23.9 Å². The van der Waals surface area contributed by atoms with Gasteiger partial charge in [0.1, 0.15) is 5.03 Å². The minimum absolute atomic E-state index is 0.000681. The third-order valence-corrected chi connectivity index (χ3v) is 3.57. The summed E-state index contributed by atoms with van der Waals surface area (Å²) in [4.78, 5) is 26.0. The Kier molecular flexibility index (Phi) is 3.99. The molecule has 0 saturated heterocycles. The van der Waals surface area contributed by atoms with E-state index in [0.717, 1.165) is 11.8 Å². The first-order valence-electron chi connectivity index (χ1n) is 5.61. The minimum Gasteiger partial charge on any atom is -0.478 e. The van der Waals surface area contributed by atoms with Gasteiger partial charge in [0.25, 0.3) is 5.69 Å². The average molecular weight is 290 g/mol. The molecule has 0 unspecified atom stereocenters. The summed E-state index contributed by atoms with van der Waals surface area (Å²) in [6.45, 7) is 1.59. The van der Waals surface area contributed by atoms with Crippen molar-refractivity contribution in [2.45, 2.75) is 16.8 Å². The number of rotatable bonds is 4. The van der Waals surface area contributed by atoms with Crippen LogP contribution in [-0.2, 0) is 0 Å². The van der Waals surface area contributed by atoms with E-state index in [2.05, 4.69) is 4.98 Å². The quantitative estimate of drug-likeness (QED) is 0.686. The van der Waals surface area contributed by atoms with Gasteiger partial charge in [-0.2, -0.15) is 0 Å². The standard InChI is InChI=1S/C13H10N2O4S/c1-8-9(13(16)17)6-7-12(14-8)20-11-5-3-2-4-10(11)15(18)19/h2-7H,1H3,(H,16,17). The summed E-state index contributed by atoms with van der Waals surface area (Å²) in [5, 5.41) is 20.4. The van der Waals surface area contributed by atoms with E-state index in [1.54, 1.807) is 25.1 Å². The average Bonchev–Trinajstić information content (AvgIpc) is 2.38. The summed E-state index contributed by atoms with van der Waals surface area (Å²) < 4.78 is 0. The molecule has 1 aromatic heterocycles. The highest BCUT2D eigenvalue weighted by molar-refractivity contribution is 7.99. The third-order valence-electron chi connectivity index (χ3n) is 2.57. The topological polar surface area (TPSA) is 93.3 Å². The van der Waals surface area contributed by atoms with Crippen molar-refractivity contribution in [3.8, 4) is 0 Å². The van der Waals surface area contributed by atoms with Crippen LogP contribution >= 0.6 is 11.8 Å². The van der Waals surface area contributed by atoms with Gasteiger partial charge in [0.2, 0.25) is 0 Å². The van der Waals surface area contributed by atoms with Gasteiger partial charge >= 0.3 is 5.97 Å². The number of carboxylic acid groups (broad SMARTS) is 1. The number of aryl methyl sites for hydroxylation is 1. The fourth-order valence-electron chi connectivity index (χ4n) is 1.63. The fraction of sp³-hybridized carbons (Fsp3) is 0.0769. The number of aromatic nitrogens is 1. The molecule has 0 amide bonds. The number of hydrogen-bond donors (Lipinski definition) is 1. The molecule has 6 nitrogen and oxygen atoms in total. The predicted octanol–water partition coefficient (Wildman–Crippen LogP) is 3.15. The van der Waals surface area contributed by atoms with E-state index in [1.807, 2.05) is 0 Å². The Morgan fingerprint density at radius 2 is 2.00 bits per heavy atom. The molecule has 0 saturated carbocycles. The van der Waals surface area contributed by atoms with Crippen molar-refractivity contribution < 1.29 is 14.8 Å². The summed E-state index contributed by atoms with van der Waals surface area (Å²) in [5.41, 5.74) is 0.497. The Morgan fingerprint density at radius 1 is 1.30 bits per heavy atom. The van der Waals surface area contributed by atoms with Gasteiger partial charge in [-0.15, -0.1) is 0 Å². The molecule has 102 valence electrons. The Hall–Kier alpha value is -2.41. The van der Waals surface area contributed by atoms with Crippen molar-refractivity contribution in [1.82, 2.24) is 4.98 Å². The fourth-order valence-corrected chi connectivity index (χ4v) is 2.57. The maximum Gasteiger partial charge on any atom is 0.337 e. The molecule has 1 aromatic carbocycles. The van der Waals surface area contributed by atoms with Crippen LogP contribution in [0.5, 0.6) is 0 Å². The summed E-state index contributed by atoms with van der Waals surface area (Å²) in [6.07, 6.45) is 0. The van der Waals surface area contributed by atoms with E-state index in [9.17, 15) is 14.9 Å². The number of benzene rings is 1. The first-order valence-corrected chi connectivity index (χ1v) is 6.43.